The number of hydrogen-bond acceptors (Lipinski definition) is 9. The third kappa shape index (κ3) is 5.83. The van der Waals surface area contributed by atoms with Crippen molar-refractivity contribution in [2.75, 3.05) is 4.90 Å². The van der Waals surface area contributed by atoms with Crippen LogP contribution in [0.3, 0.4) is 0 Å². The number of nitrogens with zero attached hydrogens (tertiary/aromatic N) is 2. The van der Waals surface area contributed by atoms with Gasteiger partial charge in [0, 0.05) is 11.3 Å². The molecule has 0 unspecified atom stereocenters. The molecule has 3 rings (SSSR count). The fraction of sp³-hybridized carbons (Fsp3) is 0.321. The SMILES string of the molecule is CC(=O)[C@@H](C(=O)ON1C(=O)N[C@@](c2ccc(C(=N)N)cc2)(C(C)(C)C)C1=O)N(C(=O)[C@@H](N)CC(=O)O)c1ccccc1. The Morgan fingerprint density at radius 2 is 1.64 bits per heavy atom. The second kappa shape index (κ2) is 11.8. The summed E-state index contributed by atoms with van der Waals surface area (Å²) >= 11 is 0. The molecule has 4 amide bonds. The first-order chi connectivity index (χ1) is 19.5. The van der Waals surface area contributed by atoms with E-state index in [2.05, 4.69) is 5.32 Å². The van der Waals surface area contributed by atoms with Gasteiger partial charge in [0.25, 0.3) is 5.91 Å². The Hall–Kier alpha value is -5.11. The summed E-state index contributed by atoms with van der Waals surface area (Å²) in [5.41, 5.74) is 9.29. The number of nitrogens with one attached hydrogen (secondary N) is 2. The van der Waals surface area contributed by atoms with Crippen LogP contribution in [0.15, 0.2) is 54.6 Å². The molecule has 2 aromatic rings. The monoisotopic (exact) mass is 580 g/mol. The number of nitrogen functional groups attached to an aromatic ring is 1. The molecule has 1 heterocycles. The van der Waals surface area contributed by atoms with Crippen LogP contribution in [0.4, 0.5) is 10.5 Å². The van der Waals surface area contributed by atoms with E-state index in [1.54, 1.807) is 26.8 Å². The fourth-order valence-corrected chi connectivity index (χ4v) is 4.67. The number of anilines is 1. The van der Waals surface area contributed by atoms with Crippen LogP contribution in [0, 0.1) is 10.8 Å². The van der Waals surface area contributed by atoms with Gasteiger partial charge >= 0.3 is 18.0 Å². The van der Waals surface area contributed by atoms with Gasteiger partial charge < -0.3 is 26.7 Å². The van der Waals surface area contributed by atoms with Crippen LogP contribution in [0.1, 0.15) is 45.2 Å². The van der Waals surface area contributed by atoms with Gasteiger partial charge in [0.15, 0.2) is 17.4 Å². The standard InChI is InChI=1S/C28H32N6O8/c1-15(35)21(33(18-8-6-5-7-9-18)23(38)19(29)14-20(36)37)24(39)42-34-25(40)28(27(2,3)4,32-26(34)41)17-12-10-16(11-13-17)22(30)31/h5-13,19,21H,14,29H2,1-4H3,(H3,30,31)(H,32,41)(H,36,37)/t19-,21-,28+/m0/s1. The Kier molecular flexibility index (Phi) is 8.81. The topological polar surface area (TPSA) is 226 Å². The molecular formula is C28H32N6O8. The number of amidine groups is 1. The first kappa shape index (κ1) is 31.4. The van der Waals surface area contributed by atoms with Gasteiger partial charge in [-0.05, 0) is 30.0 Å². The molecule has 0 spiro atoms. The molecule has 0 bridgehead atoms. The minimum Gasteiger partial charge on any atom is -0.481 e. The van der Waals surface area contributed by atoms with Gasteiger partial charge in [-0.25, -0.2) is 9.59 Å². The van der Waals surface area contributed by atoms with Crippen molar-refractivity contribution >= 4 is 47.1 Å². The first-order valence-corrected chi connectivity index (χ1v) is 12.7. The number of amides is 4. The number of aliphatic carboxylic acids is 1. The van der Waals surface area contributed by atoms with Crippen molar-refractivity contribution in [2.45, 2.75) is 51.7 Å². The number of carbonyl (C=O) groups excluding carboxylic acids is 5. The van der Waals surface area contributed by atoms with E-state index in [9.17, 15) is 28.8 Å². The summed E-state index contributed by atoms with van der Waals surface area (Å²) < 4.78 is 0. The summed E-state index contributed by atoms with van der Waals surface area (Å²) in [6, 6.07) is 8.61. The number of imide groups is 1. The molecule has 14 heteroatoms. The summed E-state index contributed by atoms with van der Waals surface area (Å²) in [5, 5.41) is 19.5. The molecule has 0 aromatic heterocycles. The third-order valence-corrected chi connectivity index (χ3v) is 6.77. The summed E-state index contributed by atoms with van der Waals surface area (Å²) in [6.07, 6.45) is -0.800. The van der Waals surface area contributed by atoms with Gasteiger partial charge in [-0.15, -0.1) is 0 Å². The van der Waals surface area contributed by atoms with Crippen molar-refractivity contribution in [3.05, 3.63) is 65.7 Å². The molecule has 2 aromatic carbocycles. The van der Waals surface area contributed by atoms with E-state index in [1.807, 2.05) is 0 Å². The Labute approximate surface area is 241 Å². The number of nitrogens with two attached hydrogens (primary N) is 2. The number of hydroxylamine groups is 2. The predicted molar refractivity (Wildman–Crippen MR) is 149 cm³/mol. The highest BCUT2D eigenvalue weighted by Crippen LogP contribution is 2.44. The summed E-state index contributed by atoms with van der Waals surface area (Å²) in [4.78, 5) is 83.7. The third-order valence-electron chi connectivity index (χ3n) is 6.77. The number of ketones is 1. The maximum absolute atomic E-state index is 13.9. The van der Waals surface area contributed by atoms with Crippen LogP contribution in [0.2, 0.25) is 0 Å². The molecule has 1 aliphatic rings. The Morgan fingerprint density at radius 3 is 2.12 bits per heavy atom. The van der Waals surface area contributed by atoms with Gasteiger partial charge in [-0.2, -0.15) is 0 Å². The number of rotatable bonds is 10. The number of carbonyl (C=O) groups is 6. The molecule has 14 nitrogen and oxygen atoms in total. The minimum atomic E-state index is -2.03. The summed E-state index contributed by atoms with van der Waals surface area (Å²) in [5.74, 6) is -6.02. The van der Waals surface area contributed by atoms with Gasteiger partial charge in [0.05, 0.1) is 12.5 Å². The largest absolute Gasteiger partial charge is 0.481 e. The molecule has 1 fully saturated rings. The Balaban J connectivity index is 2.03. The summed E-state index contributed by atoms with van der Waals surface area (Å²) in [7, 11) is 0. The highest BCUT2D eigenvalue weighted by atomic mass is 16.7. The zero-order chi connectivity index (χ0) is 31.6. The summed E-state index contributed by atoms with van der Waals surface area (Å²) in [6.45, 7) is 6.01. The Morgan fingerprint density at radius 1 is 1.07 bits per heavy atom. The molecule has 222 valence electrons. The van der Waals surface area contributed by atoms with Crippen molar-refractivity contribution < 1.29 is 38.7 Å². The van der Waals surface area contributed by atoms with E-state index >= 15 is 0 Å². The van der Waals surface area contributed by atoms with E-state index in [1.165, 1.54) is 48.5 Å². The van der Waals surface area contributed by atoms with Crippen LogP contribution < -0.4 is 21.7 Å². The van der Waals surface area contributed by atoms with E-state index in [-0.39, 0.29) is 16.6 Å². The van der Waals surface area contributed by atoms with E-state index in [0.29, 0.717) is 16.0 Å². The van der Waals surface area contributed by atoms with Crippen molar-refractivity contribution in [2.24, 2.45) is 16.9 Å². The lowest BCUT2D eigenvalue weighted by atomic mass is 9.69. The van der Waals surface area contributed by atoms with Crippen LogP contribution in [0.5, 0.6) is 0 Å². The maximum Gasteiger partial charge on any atom is 0.363 e. The van der Waals surface area contributed by atoms with Crippen LogP contribution in [0.25, 0.3) is 0 Å². The highest BCUT2D eigenvalue weighted by Gasteiger charge is 2.61. The van der Waals surface area contributed by atoms with Gasteiger partial charge in [0.1, 0.15) is 5.84 Å². The van der Waals surface area contributed by atoms with Gasteiger partial charge in [-0.3, -0.25) is 29.5 Å². The zero-order valence-corrected chi connectivity index (χ0v) is 23.4. The molecule has 0 saturated carbocycles. The average molecular weight is 581 g/mol. The normalized spacial score (nSPS) is 18.1. The number of carboxylic acid groups (broad SMARTS) is 1. The van der Waals surface area contributed by atoms with E-state index < -0.39 is 65.0 Å². The number of carboxylic acids is 1. The lowest BCUT2D eigenvalue weighted by molar-refractivity contribution is -0.187. The number of benzene rings is 2. The number of para-hydroxylation sites is 1. The van der Waals surface area contributed by atoms with Crippen molar-refractivity contribution in [3.63, 3.8) is 0 Å². The Bertz CT molecular complexity index is 1440. The maximum atomic E-state index is 13.9. The van der Waals surface area contributed by atoms with E-state index in [4.69, 9.17) is 26.8 Å². The van der Waals surface area contributed by atoms with Crippen molar-refractivity contribution in [1.29, 1.82) is 5.41 Å². The molecule has 7 N–H and O–H groups in total. The van der Waals surface area contributed by atoms with Crippen molar-refractivity contribution in [3.8, 4) is 0 Å². The fourth-order valence-electron chi connectivity index (χ4n) is 4.67. The molecule has 0 radical (unpaired) electrons. The second-order valence-corrected chi connectivity index (χ2v) is 10.7. The smallest absolute Gasteiger partial charge is 0.363 e. The number of urea groups is 1. The van der Waals surface area contributed by atoms with E-state index in [0.717, 1.165) is 6.92 Å². The predicted octanol–water partition coefficient (Wildman–Crippen LogP) is 1.01. The lowest BCUT2D eigenvalue weighted by Gasteiger charge is -2.39. The first-order valence-electron chi connectivity index (χ1n) is 12.7. The van der Waals surface area contributed by atoms with Gasteiger partial charge in [-0.1, -0.05) is 68.3 Å². The number of hydrogen-bond donors (Lipinski definition) is 5. The quantitative estimate of drug-likeness (QED) is 0.116. The molecule has 1 aliphatic heterocycles. The molecule has 0 aliphatic carbocycles. The lowest BCUT2D eigenvalue weighted by Crippen LogP contribution is -2.57. The van der Waals surface area contributed by atoms with Crippen molar-refractivity contribution in [1.82, 2.24) is 10.4 Å². The average Bonchev–Trinajstić information content (AvgIpc) is 3.16. The van der Waals surface area contributed by atoms with Crippen LogP contribution in [-0.2, 0) is 34.3 Å². The minimum absolute atomic E-state index is 0.0206. The second-order valence-electron chi connectivity index (χ2n) is 10.7. The van der Waals surface area contributed by atoms with Gasteiger partial charge in [0.2, 0.25) is 5.91 Å². The zero-order valence-electron chi connectivity index (χ0n) is 23.4. The molecule has 3 atom stereocenters. The molecule has 1 saturated heterocycles. The number of Topliss-reactive ketones (excluding diaryl/α,β-unsaturated/α-hetero) is 1. The molecular weight excluding hydrogens is 548 g/mol. The highest BCUT2D eigenvalue weighted by molar-refractivity contribution is 6.15. The van der Waals surface area contributed by atoms with Crippen LogP contribution >= 0.6 is 0 Å². The molecule has 42 heavy (non-hydrogen) atoms. The van der Waals surface area contributed by atoms with Crippen LogP contribution in [-0.4, -0.2) is 63.7 Å².